The summed E-state index contributed by atoms with van der Waals surface area (Å²) in [5.41, 5.74) is -0.713. The predicted molar refractivity (Wildman–Crippen MR) is 75.4 cm³/mol. The Balaban J connectivity index is 1.86. The van der Waals surface area contributed by atoms with Gasteiger partial charge in [0.1, 0.15) is 0 Å². The van der Waals surface area contributed by atoms with Crippen molar-refractivity contribution in [1.29, 1.82) is 0 Å². The summed E-state index contributed by atoms with van der Waals surface area (Å²) in [6, 6.07) is -0.124. The Kier molecular flexibility index (Phi) is 3.99. The molecule has 2 fully saturated rings. The zero-order chi connectivity index (χ0) is 14.1. The van der Waals surface area contributed by atoms with Gasteiger partial charge in [0.25, 0.3) is 0 Å². The molecule has 108 valence electrons. The highest BCUT2D eigenvalue weighted by Gasteiger charge is 2.44. The van der Waals surface area contributed by atoms with E-state index in [-0.39, 0.29) is 17.3 Å². The van der Waals surface area contributed by atoms with Gasteiger partial charge in [0.2, 0.25) is 0 Å². The number of aliphatic carboxylic acids is 1. The second-order valence-corrected chi connectivity index (χ2v) is 7.93. The SMILES string of the molecule is CC1(C)CN(C(=O)NCC2(C(=O)O)CCC2)CCS1. The molecule has 0 aromatic heterocycles. The number of hydrogen-bond donors (Lipinski definition) is 2. The van der Waals surface area contributed by atoms with Crippen LogP contribution in [0.15, 0.2) is 0 Å². The number of carboxylic acids is 1. The fourth-order valence-electron chi connectivity index (χ4n) is 2.62. The van der Waals surface area contributed by atoms with E-state index in [0.29, 0.717) is 19.4 Å². The van der Waals surface area contributed by atoms with Crippen LogP contribution in [0.4, 0.5) is 4.79 Å². The number of carboxylic acid groups (broad SMARTS) is 1. The zero-order valence-electron chi connectivity index (χ0n) is 11.6. The highest BCUT2D eigenvalue weighted by Crippen LogP contribution is 2.40. The summed E-state index contributed by atoms with van der Waals surface area (Å²) >= 11 is 1.87. The van der Waals surface area contributed by atoms with Gasteiger partial charge in [-0.15, -0.1) is 0 Å². The maximum absolute atomic E-state index is 12.1. The molecule has 2 aliphatic rings. The maximum atomic E-state index is 12.1. The van der Waals surface area contributed by atoms with E-state index in [1.165, 1.54) is 0 Å². The largest absolute Gasteiger partial charge is 0.481 e. The van der Waals surface area contributed by atoms with Gasteiger partial charge in [-0.2, -0.15) is 11.8 Å². The normalized spacial score (nSPS) is 24.4. The van der Waals surface area contributed by atoms with Gasteiger partial charge >= 0.3 is 12.0 Å². The summed E-state index contributed by atoms with van der Waals surface area (Å²) in [7, 11) is 0. The van der Waals surface area contributed by atoms with Crippen LogP contribution in [0.25, 0.3) is 0 Å². The number of thioether (sulfide) groups is 1. The molecule has 1 saturated carbocycles. The van der Waals surface area contributed by atoms with Gasteiger partial charge in [-0.25, -0.2) is 4.79 Å². The minimum Gasteiger partial charge on any atom is -0.481 e. The van der Waals surface area contributed by atoms with Gasteiger partial charge in [0, 0.05) is 30.1 Å². The van der Waals surface area contributed by atoms with Crippen LogP contribution >= 0.6 is 11.8 Å². The third-order valence-corrected chi connectivity index (χ3v) is 5.35. The number of urea groups is 1. The van der Waals surface area contributed by atoms with Crippen LogP contribution < -0.4 is 5.32 Å². The van der Waals surface area contributed by atoms with Crippen molar-refractivity contribution in [3.8, 4) is 0 Å². The van der Waals surface area contributed by atoms with Crippen molar-refractivity contribution in [2.24, 2.45) is 5.41 Å². The fraction of sp³-hybridized carbons (Fsp3) is 0.846. The summed E-state index contributed by atoms with van der Waals surface area (Å²) in [6.45, 7) is 5.96. The van der Waals surface area contributed by atoms with Crippen molar-refractivity contribution in [3.05, 3.63) is 0 Å². The van der Waals surface area contributed by atoms with E-state index in [0.717, 1.165) is 18.7 Å². The van der Waals surface area contributed by atoms with Gasteiger partial charge in [0.05, 0.1) is 5.41 Å². The minimum absolute atomic E-state index is 0.0799. The van der Waals surface area contributed by atoms with E-state index in [2.05, 4.69) is 19.2 Å². The number of rotatable bonds is 3. The first-order chi connectivity index (χ1) is 8.85. The van der Waals surface area contributed by atoms with E-state index in [1.807, 2.05) is 11.8 Å². The summed E-state index contributed by atoms with van der Waals surface area (Å²) in [4.78, 5) is 25.1. The van der Waals surface area contributed by atoms with Crippen LogP contribution in [0.2, 0.25) is 0 Å². The lowest BCUT2D eigenvalue weighted by atomic mass is 9.69. The van der Waals surface area contributed by atoms with Gasteiger partial charge < -0.3 is 15.3 Å². The number of nitrogens with one attached hydrogen (secondary N) is 1. The van der Waals surface area contributed by atoms with Crippen LogP contribution in [-0.2, 0) is 4.79 Å². The smallest absolute Gasteiger partial charge is 0.317 e. The second-order valence-electron chi connectivity index (χ2n) is 6.13. The molecule has 2 N–H and O–H groups in total. The molecule has 1 heterocycles. The van der Waals surface area contributed by atoms with Crippen LogP contribution in [0, 0.1) is 5.41 Å². The van der Waals surface area contributed by atoms with Crippen LogP contribution in [-0.4, -0.2) is 52.1 Å². The van der Waals surface area contributed by atoms with E-state index >= 15 is 0 Å². The molecule has 0 aromatic rings. The van der Waals surface area contributed by atoms with E-state index < -0.39 is 11.4 Å². The Hall–Kier alpha value is -0.910. The lowest BCUT2D eigenvalue weighted by Gasteiger charge is -2.40. The Labute approximate surface area is 118 Å². The third-order valence-electron chi connectivity index (χ3n) is 4.06. The highest BCUT2D eigenvalue weighted by molar-refractivity contribution is 8.00. The molecule has 0 spiro atoms. The third kappa shape index (κ3) is 3.16. The van der Waals surface area contributed by atoms with E-state index in [9.17, 15) is 14.7 Å². The topological polar surface area (TPSA) is 69.6 Å². The van der Waals surface area contributed by atoms with Gasteiger partial charge in [0.15, 0.2) is 0 Å². The Morgan fingerprint density at radius 2 is 2.05 bits per heavy atom. The molecule has 0 bridgehead atoms. The van der Waals surface area contributed by atoms with Crippen molar-refractivity contribution < 1.29 is 14.7 Å². The molecule has 1 saturated heterocycles. The molecule has 0 aromatic carbocycles. The minimum atomic E-state index is -0.784. The van der Waals surface area contributed by atoms with Gasteiger partial charge in [-0.3, -0.25) is 4.79 Å². The van der Waals surface area contributed by atoms with Crippen molar-refractivity contribution >= 4 is 23.8 Å². The predicted octanol–water partition coefficient (Wildman–Crippen LogP) is 1.78. The summed E-state index contributed by atoms with van der Waals surface area (Å²) in [5, 5.41) is 12.0. The molecular formula is C13H22N2O3S. The Bertz CT molecular complexity index is 380. The lowest BCUT2D eigenvalue weighted by molar-refractivity contribution is -0.153. The Morgan fingerprint density at radius 1 is 1.37 bits per heavy atom. The maximum Gasteiger partial charge on any atom is 0.317 e. The van der Waals surface area contributed by atoms with E-state index in [1.54, 1.807) is 4.90 Å². The number of nitrogens with zero attached hydrogens (tertiary/aromatic N) is 1. The van der Waals surface area contributed by atoms with E-state index in [4.69, 9.17) is 0 Å². The standard InChI is InChI=1S/C13H22N2O3S/c1-12(2)9-15(6-7-19-12)11(18)14-8-13(10(16)17)4-3-5-13/h3-9H2,1-2H3,(H,14,18)(H,16,17). The number of amides is 2. The molecular weight excluding hydrogens is 264 g/mol. The average molecular weight is 286 g/mol. The molecule has 1 aliphatic carbocycles. The van der Waals surface area contributed by atoms with Gasteiger partial charge in [-0.1, -0.05) is 6.42 Å². The first kappa shape index (κ1) is 14.5. The molecule has 6 heteroatoms. The Morgan fingerprint density at radius 3 is 2.53 bits per heavy atom. The van der Waals surface area contributed by atoms with Crippen LogP contribution in [0.1, 0.15) is 33.1 Å². The van der Waals surface area contributed by atoms with Crippen LogP contribution in [0.5, 0.6) is 0 Å². The number of hydrogen-bond acceptors (Lipinski definition) is 3. The average Bonchev–Trinajstić information content (AvgIpc) is 2.25. The molecule has 0 atom stereocenters. The van der Waals surface area contributed by atoms with Crippen molar-refractivity contribution in [2.45, 2.75) is 37.9 Å². The zero-order valence-corrected chi connectivity index (χ0v) is 12.4. The summed E-state index contributed by atoms with van der Waals surface area (Å²) < 4.78 is 0.0799. The monoisotopic (exact) mass is 286 g/mol. The summed E-state index contributed by atoms with van der Waals surface area (Å²) in [5.74, 6) is 0.151. The molecule has 2 rings (SSSR count). The fourth-order valence-corrected chi connectivity index (χ4v) is 3.73. The van der Waals surface area contributed by atoms with Crippen molar-refractivity contribution in [3.63, 3.8) is 0 Å². The number of carbonyl (C=O) groups is 2. The highest BCUT2D eigenvalue weighted by atomic mass is 32.2. The molecule has 19 heavy (non-hydrogen) atoms. The molecule has 0 unspecified atom stereocenters. The summed E-state index contributed by atoms with van der Waals surface area (Å²) in [6.07, 6.45) is 2.28. The lowest BCUT2D eigenvalue weighted by Crippen LogP contribution is -2.54. The number of carbonyl (C=O) groups excluding carboxylic acids is 1. The molecule has 5 nitrogen and oxygen atoms in total. The van der Waals surface area contributed by atoms with Crippen molar-refractivity contribution in [2.75, 3.05) is 25.4 Å². The molecule has 2 amide bonds. The molecule has 0 radical (unpaired) electrons. The van der Waals surface area contributed by atoms with Crippen LogP contribution in [0.3, 0.4) is 0 Å². The van der Waals surface area contributed by atoms with Gasteiger partial charge in [-0.05, 0) is 26.7 Å². The first-order valence-corrected chi connectivity index (χ1v) is 7.73. The quantitative estimate of drug-likeness (QED) is 0.829. The second kappa shape index (κ2) is 5.23. The first-order valence-electron chi connectivity index (χ1n) is 6.75. The molecule has 1 aliphatic heterocycles. The van der Waals surface area contributed by atoms with Crippen molar-refractivity contribution in [1.82, 2.24) is 10.2 Å².